The van der Waals surface area contributed by atoms with Crippen LogP contribution >= 0.6 is 11.6 Å². The van der Waals surface area contributed by atoms with E-state index in [9.17, 15) is 0 Å². The van der Waals surface area contributed by atoms with Crippen LogP contribution in [-0.2, 0) is 0 Å². The predicted octanol–water partition coefficient (Wildman–Crippen LogP) is 4.10. The Morgan fingerprint density at radius 3 is 2.47 bits per heavy atom. The van der Waals surface area contributed by atoms with Crippen LogP contribution in [0.4, 0.5) is 0 Å². The third kappa shape index (κ3) is 4.39. The number of hydrogen-bond donors (Lipinski definition) is 0. The summed E-state index contributed by atoms with van der Waals surface area (Å²) in [5.74, 6) is 1.79. The Morgan fingerprint density at radius 2 is 1.89 bits per heavy atom. The molecule has 2 rings (SSSR count). The van der Waals surface area contributed by atoms with E-state index in [0.29, 0.717) is 6.61 Å². The van der Waals surface area contributed by atoms with Gasteiger partial charge in [0.15, 0.2) is 0 Å². The highest BCUT2D eigenvalue weighted by molar-refractivity contribution is 6.21. The second-order valence-electron chi connectivity index (χ2n) is 5.45. The van der Waals surface area contributed by atoms with Crippen molar-refractivity contribution in [2.24, 2.45) is 5.92 Å². The van der Waals surface area contributed by atoms with E-state index in [0.717, 1.165) is 18.2 Å². The first kappa shape index (κ1) is 14.7. The lowest BCUT2D eigenvalue weighted by molar-refractivity contribution is 0.192. The van der Waals surface area contributed by atoms with Gasteiger partial charge in [-0.1, -0.05) is 19.1 Å². The summed E-state index contributed by atoms with van der Waals surface area (Å²) < 4.78 is 5.45. The molecule has 0 aliphatic carbocycles. The van der Waals surface area contributed by atoms with Crippen molar-refractivity contribution >= 4 is 11.6 Å². The molecule has 2 nitrogen and oxygen atoms in total. The van der Waals surface area contributed by atoms with Gasteiger partial charge in [0, 0.05) is 6.54 Å². The molecule has 1 aliphatic heterocycles. The number of hydrogen-bond acceptors (Lipinski definition) is 2. The van der Waals surface area contributed by atoms with E-state index >= 15 is 0 Å². The van der Waals surface area contributed by atoms with Crippen LogP contribution < -0.4 is 4.74 Å². The van der Waals surface area contributed by atoms with E-state index in [2.05, 4.69) is 24.0 Å². The molecular weight excluding hydrogens is 258 g/mol. The molecule has 1 aromatic carbocycles. The molecule has 0 saturated carbocycles. The lowest BCUT2D eigenvalue weighted by Crippen LogP contribution is -2.35. The minimum absolute atomic E-state index is 0.0732. The molecule has 0 amide bonds. The number of halogens is 1. The molecule has 1 aliphatic rings. The van der Waals surface area contributed by atoms with Gasteiger partial charge in [-0.15, -0.1) is 11.6 Å². The Kier molecular flexibility index (Phi) is 5.53. The van der Waals surface area contributed by atoms with Gasteiger partial charge in [0.2, 0.25) is 0 Å². The third-order valence-corrected chi connectivity index (χ3v) is 4.24. The normalized spacial score (nSPS) is 19.3. The standard InChI is InChI=1S/C16H24ClNO/c1-3-19-15-6-4-14(5-7-15)16(17)12-18-10-8-13(2)9-11-18/h4-7,13,16H,3,8-12H2,1-2H3. The SMILES string of the molecule is CCOc1ccc(C(Cl)CN2CCC(C)CC2)cc1. The van der Waals surface area contributed by atoms with Crippen molar-refractivity contribution in [1.29, 1.82) is 0 Å². The van der Waals surface area contributed by atoms with Gasteiger partial charge in [-0.05, 0) is 56.5 Å². The summed E-state index contributed by atoms with van der Waals surface area (Å²) in [4.78, 5) is 2.48. The van der Waals surface area contributed by atoms with E-state index in [4.69, 9.17) is 16.3 Å². The van der Waals surface area contributed by atoms with Gasteiger partial charge in [-0.3, -0.25) is 0 Å². The summed E-state index contributed by atoms with van der Waals surface area (Å²) in [5, 5.41) is 0.0732. The van der Waals surface area contributed by atoms with E-state index in [1.54, 1.807) is 0 Å². The van der Waals surface area contributed by atoms with Crippen molar-refractivity contribution < 1.29 is 4.74 Å². The van der Waals surface area contributed by atoms with E-state index < -0.39 is 0 Å². The molecule has 1 aromatic rings. The molecule has 0 bridgehead atoms. The van der Waals surface area contributed by atoms with Crippen LogP contribution in [0.5, 0.6) is 5.75 Å². The second-order valence-corrected chi connectivity index (χ2v) is 5.98. The Hall–Kier alpha value is -0.730. The summed E-state index contributed by atoms with van der Waals surface area (Å²) in [6.45, 7) is 8.35. The van der Waals surface area contributed by atoms with Gasteiger partial charge in [-0.25, -0.2) is 0 Å². The summed E-state index contributed by atoms with van der Waals surface area (Å²) in [7, 11) is 0. The number of nitrogens with zero attached hydrogens (tertiary/aromatic N) is 1. The van der Waals surface area contributed by atoms with E-state index in [1.165, 1.54) is 31.5 Å². The summed E-state index contributed by atoms with van der Waals surface area (Å²) in [5.41, 5.74) is 1.18. The maximum Gasteiger partial charge on any atom is 0.119 e. The molecule has 1 unspecified atom stereocenters. The lowest BCUT2D eigenvalue weighted by Gasteiger charge is -2.31. The topological polar surface area (TPSA) is 12.5 Å². The van der Waals surface area contributed by atoms with Gasteiger partial charge < -0.3 is 9.64 Å². The molecule has 0 N–H and O–H groups in total. The smallest absolute Gasteiger partial charge is 0.119 e. The van der Waals surface area contributed by atoms with Gasteiger partial charge in [0.05, 0.1) is 12.0 Å². The van der Waals surface area contributed by atoms with Gasteiger partial charge in [-0.2, -0.15) is 0 Å². The fraction of sp³-hybridized carbons (Fsp3) is 0.625. The predicted molar refractivity (Wildman–Crippen MR) is 81.0 cm³/mol. The van der Waals surface area contributed by atoms with E-state index in [1.807, 2.05) is 19.1 Å². The number of ether oxygens (including phenoxy) is 1. The minimum atomic E-state index is 0.0732. The number of piperidine rings is 1. The highest BCUT2D eigenvalue weighted by Gasteiger charge is 2.19. The summed E-state index contributed by atoms with van der Waals surface area (Å²) in [6, 6.07) is 8.17. The van der Waals surface area contributed by atoms with Crippen LogP contribution in [0.3, 0.4) is 0 Å². The quantitative estimate of drug-likeness (QED) is 0.754. The lowest BCUT2D eigenvalue weighted by atomic mass is 9.99. The molecular formula is C16H24ClNO. The molecule has 3 heteroatoms. The van der Waals surface area contributed by atoms with Gasteiger partial charge in [0.25, 0.3) is 0 Å². The second kappa shape index (κ2) is 7.16. The number of rotatable bonds is 5. The van der Waals surface area contributed by atoms with Gasteiger partial charge in [0.1, 0.15) is 5.75 Å². The van der Waals surface area contributed by atoms with Crippen molar-refractivity contribution in [3.8, 4) is 5.75 Å². The Labute approximate surface area is 121 Å². The molecule has 1 fully saturated rings. The zero-order valence-corrected chi connectivity index (χ0v) is 12.7. The van der Waals surface area contributed by atoms with Crippen LogP contribution in [0.2, 0.25) is 0 Å². The van der Waals surface area contributed by atoms with Crippen LogP contribution in [0.1, 0.15) is 37.6 Å². The van der Waals surface area contributed by atoms with Gasteiger partial charge >= 0.3 is 0 Å². The fourth-order valence-corrected chi connectivity index (χ4v) is 2.86. The average molecular weight is 282 g/mol. The first-order valence-electron chi connectivity index (χ1n) is 7.28. The largest absolute Gasteiger partial charge is 0.494 e. The van der Waals surface area contributed by atoms with Crippen molar-refractivity contribution in [3.05, 3.63) is 29.8 Å². The molecule has 1 heterocycles. The van der Waals surface area contributed by atoms with Crippen molar-refractivity contribution in [3.63, 3.8) is 0 Å². The first-order valence-corrected chi connectivity index (χ1v) is 7.72. The van der Waals surface area contributed by atoms with E-state index in [-0.39, 0.29) is 5.38 Å². The van der Waals surface area contributed by atoms with Crippen LogP contribution in [0.25, 0.3) is 0 Å². The third-order valence-electron chi connectivity index (χ3n) is 3.85. The average Bonchev–Trinajstić information content (AvgIpc) is 2.42. The highest BCUT2D eigenvalue weighted by atomic mass is 35.5. The number of alkyl halides is 1. The molecule has 0 spiro atoms. The van der Waals surface area contributed by atoms with Crippen LogP contribution in [0.15, 0.2) is 24.3 Å². The Morgan fingerprint density at radius 1 is 1.26 bits per heavy atom. The Balaban J connectivity index is 1.86. The zero-order chi connectivity index (χ0) is 13.7. The minimum Gasteiger partial charge on any atom is -0.494 e. The summed E-state index contributed by atoms with van der Waals surface area (Å²) >= 11 is 6.52. The molecule has 106 valence electrons. The monoisotopic (exact) mass is 281 g/mol. The maximum absolute atomic E-state index is 6.52. The molecule has 0 radical (unpaired) electrons. The van der Waals surface area contributed by atoms with Crippen molar-refractivity contribution in [1.82, 2.24) is 4.90 Å². The highest BCUT2D eigenvalue weighted by Crippen LogP contribution is 2.26. The number of likely N-dealkylation sites (tertiary alicyclic amines) is 1. The first-order chi connectivity index (χ1) is 9.19. The summed E-state index contributed by atoms with van der Waals surface area (Å²) in [6.07, 6.45) is 2.60. The fourth-order valence-electron chi connectivity index (χ4n) is 2.52. The Bertz CT molecular complexity index is 371. The van der Waals surface area contributed by atoms with Crippen molar-refractivity contribution in [2.75, 3.05) is 26.2 Å². The molecule has 1 atom stereocenters. The van der Waals surface area contributed by atoms with Crippen molar-refractivity contribution in [2.45, 2.75) is 32.1 Å². The molecule has 0 aromatic heterocycles. The molecule has 19 heavy (non-hydrogen) atoms. The molecule has 1 saturated heterocycles. The van der Waals surface area contributed by atoms with Crippen LogP contribution in [0, 0.1) is 5.92 Å². The number of benzene rings is 1. The van der Waals surface area contributed by atoms with Crippen LogP contribution in [-0.4, -0.2) is 31.1 Å². The maximum atomic E-state index is 6.52. The zero-order valence-electron chi connectivity index (χ0n) is 11.9.